The molecule has 194 valence electrons. The number of benzene rings is 6. The first-order valence-electron chi connectivity index (χ1n) is 13.5. The van der Waals surface area contributed by atoms with Crippen LogP contribution in [-0.2, 0) is 0 Å². The van der Waals surface area contributed by atoms with Crippen molar-refractivity contribution in [3.05, 3.63) is 146 Å². The van der Waals surface area contributed by atoms with Gasteiger partial charge in [0.1, 0.15) is 0 Å². The SMILES string of the molecule is [SeH]c1c(-c2ccccc2)cccc1-c1ccc(-c2nc(-c3ccccc3)nc(-c3ccccc3)n2)c2ccccc12. The minimum absolute atomic E-state index is 0.658. The van der Waals surface area contributed by atoms with Crippen LogP contribution in [0.1, 0.15) is 0 Å². The molecule has 0 aliphatic carbocycles. The first-order chi connectivity index (χ1) is 20.3. The standard InChI is InChI=1S/C37H25N3Se/c41-34-28(25-13-4-1-5-14-25)21-12-22-32(34)31-23-24-33(30-20-11-10-19-29(30)31)37-39-35(26-15-6-2-7-16-26)38-36(40-37)27-17-8-3-9-18-27/h1-24,41H. The molecule has 1 aromatic heterocycles. The summed E-state index contributed by atoms with van der Waals surface area (Å²) in [6, 6.07) is 50.1. The van der Waals surface area contributed by atoms with Crippen LogP contribution in [0.5, 0.6) is 0 Å². The van der Waals surface area contributed by atoms with E-state index >= 15 is 0 Å². The maximum atomic E-state index is 5.00. The summed E-state index contributed by atoms with van der Waals surface area (Å²) < 4.78 is 1.20. The van der Waals surface area contributed by atoms with Crippen molar-refractivity contribution in [3.63, 3.8) is 0 Å². The summed E-state index contributed by atoms with van der Waals surface area (Å²) >= 11 is 2.79. The number of fused-ring (bicyclic) bond motifs is 1. The Balaban J connectivity index is 1.43. The van der Waals surface area contributed by atoms with Crippen molar-refractivity contribution < 1.29 is 0 Å². The van der Waals surface area contributed by atoms with E-state index in [2.05, 4.69) is 101 Å². The molecule has 7 rings (SSSR count). The van der Waals surface area contributed by atoms with E-state index in [0.29, 0.717) is 17.5 Å². The third kappa shape index (κ3) is 4.85. The van der Waals surface area contributed by atoms with Gasteiger partial charge in [0.05, 0.1) is 0 Å². The fourth-order valence-electron chi connectivity index (χ4n) is 5.27. The Morgan fingerprint density at radius 2 is 0.756 bits per heavy atom. The second-order valence-corrected chi connectivity index (χ2v) is 10.8. The Kier molecular flexibility index (Phi) is 6.70. The van der Waals surface area contributed by atoms with E-state index in [9.17, 15) is 0 Å². The molecule has 0 fully saturated rings. The second kappa shape index (κ2) is 10.9. The number of nitrogens with zero attached hydrogens (tertiary/aromatic N) is 3. The minimum atomic E-state index is 0.658. The molecular weight excluding hydrogens is 565 g/mol. The molecule has 4 heteroatoms. The fourth-order valence-corrected chi connectivity index (χ4v) is 6.11. The molecule has 0 saturated carbocycles. The summed E-state index contributed by atoms with van der Waals surface area (Å²) in [5, 5.41) is 2.26. The van der Waals surface area contributed by atoms with Crippen molar-refractivity contribution in [3.8, 4) is 56.4 Å². The Labute approximate surface area is 247 Å². The first kappa shape index (κ1) is 25.1. The molecule has 0 atom stereocenters. The molecule has 0 aliphatic heterocycles. The van der Waals surface area contributed by atoms with Crippen molar-refractivity contribution in [1.29, 1.82) is 0 Å². The van der Waals surface area contributed by atoms with Crippen molar-refractivity contribution in [1.82, 2.24) is 15.0 Å². The molecule has 0 radical (unpaired) electrons. The van der Waals surface area contributed by atoms with E-state index in [-0.39, 0.29) is 0 Å². The van der Waals surface area contributed by atoms with Crippen molar-refractivity contribution in [2.75, 3.05) is 0 Å². The third-order valence-electron chi connectivity index (χ3n) is 7.28. The number of rotatable bonds is 5. The van der Waals surface area contributed by atoms with Crippen LogP contribution in [0.15, 0.2) is 146 Å². The Morgan fingerprint density at radius 3 is 1.34 bits per heavy atom. The normalized spacial score (nSPS) is 11.0. The summed E-state index contributed by atoms with van der Waals surface area (Å²) in [7, 11) is 0. The summed E-state index contributed by atoms with van der Waals surface area (Å²) in [5.74, 6) is 1.98. The van der Waals surface area contributed by atoms with Crippen molar-refractivity contribution in [2.24, 2.45) is 0 Å². The molecule has 6 aromatic carbocycles. The molecule has 0 N–H and O–H groups in total. The average molecular weight is 591 g/mol. The van der Waals surface area contributed by atoms with Gasteiger partial charge in [0.25, 0.3) is 0 Å². The van der Waals surface area contributed by atoms with Crippen LogP contribution < -0.4 is 4.46 Å². The maximum absolute atomic E-state index is 5.00. The molecule has 0 aliphatic rings. The van der Waals surface area contributed by atoms with Crippen molar-refractivity contribution in [2.45, 2.75) is 0 Å². The quantitative estimate of drug-likeness (QED) is 0.192. The molecule has 0 saturated heterocycles. The molecule has 0 amide bonds. The summed E-state index contributed by atoms with van der Waals surface area (Å²) in [4.78, 5) is 14.9. The molecule has 0 bridgehead atoms. The van der Waals surface area contributed by atoms with E-state index in [1.54, 1.807) is 0 Å². The second-order valence-electron chi connectivity index (χ2n) is 9.81. The van der Waals surface area contributed by atoms with Crippen LogP contribution in [0.4, 0.5) is 0 Å². The number of aromatic nitrogens is 3. The van der Waals surface area contributed by atoms with E-state index in [4.69, 9.17) is 15.0 Å². The average Bonchev–Trinajstić information content (AvgIpc) is 3.05. The Bertz CT molecular complexity index is 1930. The van der Waals surface area contributed by atoms with Gasteiger partial charge in [0.15, 0.2) is 0 Å². The van der Waals surface area contributed by atoms with Crippen LogP contribution in [0.2, 0.25) is 0 Å². The summed E-state index contributed by atoms with van der Waals surface area (Å²) in [6.45, 7) is 0. The van der Waals surface area contributed by atoms with Gasteiger partial charge in [-0.15, -0.1) is 0 Å². The predicted octanol–water partition coefficient (Wildman–Crippen LogP) is 7.89. The Hall–Kier alpha value is -4.89. The predicted molar refractivity (Wildman–Crippen MR) is 171 cm³/mol. The zero-order valence-electron chi connectivity index (χ0n) is 22.1. The molecule has 0 unspecified atom stereocenters. The van der Waals surface area contributed by atoms with E-state index in [0.717, 1.165) is 27.5 Å². The fraction of sp³-hybridized carbons (Fsp3) is 0. The van der Waals surface area contributed by atoms with E-state index in [1.807, 2.05) is 60.7 Å². The van der Waals surface area contributed by atoms with Gasteiger partial charge >= 0.3 is 236 Å². The van der Waals surface area contributed by atoms with Crippen molar-refractivity contribution >= 4 is 31.2 Å². The van der Waals surface area contributed by atoms with Gasteiger partial charge in [-0.3, -0.25) is 0 Å². The van der Waals surface area contributed by atoms with Gasteiger partial charge < -0.3 is 0 Å². The van der Waals surface area contributed by atoms with Crippen LogP contribution in [-0.4, -0.2) is 31.0 Å². The molecule has 1 heterocycles. The van der Waals surface area contributed by atoms with E-state index < -0.39 is 0 Å². The van der Waals surface area contributed by atoms with Crippen LogP contribution >= 0.6 is 0 Å². The van der Waals surface area contributed by atoms with Crippen LogP contribution in [0, 0.1) is 0 Å². The molecular formula is C37H25N3Se. The van der Waals surface area contributed by atoms with Gasteiger partial charge in [-0.1, -0.05) is 12.1 Å². The first-order valence-corrected chi connectivity index (χ1v) is 14.5. The molecule has 0 spiro atoms. The van der Waals surface area contributed by atoms with Crippen LogP contribution in [0.3, 0.4) is 0 Å². The summed E-state index contributed by atoms with van der Waals surface area (Å²) in [5.41, 5.74) is 7.69. The van der Waals surface area contributed by atoms with Crippen LogP contribution in [0.25, 0.3) is 67.2 Å². The van der Waals surface area contributed by atoms with Gasteiger partial charge in [-0.2, -0.15) is 0 Å². The zero-order valence-corrected chi connectivity index (χ0v) is 24.0. The van der Waals surface area contributed by atoms with Gasteiger partial charge in [0, 0.05) is 0 Å². The Morgan fingerprint density at radius 1 is 0.317 bits per heavy atom. The number of hydrogen-bond acceptors (Lipinski definition) is 3. The van der Waals surface area contributed by atoms with Gasteiger partial charge in [0.2, 0.25) is 0 Å². The summed E-state index contributed by atoms with van der Waals surface area (Å²) in [6.07, 6.45) is 0. The topological polar surface area (TPSA) is 38.7 Å². The zero-order chi connectivity index (χ0) is 27.6. The molecule has 3 nitrogen and oxygen atoms in total. The molecule has 41 heavy (non-hydrogen) atoms. The monoisotopic (exact) mass is 591 g/mol. The molecule has 7 aromatic rings. The number of hydrogen-bond donors (Lipinski definition) is 0. The van der Waals surface area contributed by atoms with Gasteiger partial charge in [-0.25, -0.2) is 0 Å². The van der Waals surface area contributed by atoms with Gasteiger partial charge in [-0.05, 0) is 0 Å². The van der Waals surface area contributed by atoms with E-state index in [1.165, 1.54) is 26.7 Å². The third-order valence-corrected chi connectivity index (χ3v) is 8.29.